The molecule has 0 bridgehead atoms. The van der Waals surface area contributed by atoms with Gasteiger partial charge in [-0.2, -0.15) is 0 Å². The van der Waals surface area contributed by atoms with E-state index in [-0.39, 0.29) is 12.5 Å². The number of carboxylic acids is 1. The number of hydrogen-bond acceptors (Lipinski definition) is 5. The van der Waals surface area contributed by atoms with Crippen LogP contribution in [0.4, 0.5) is 0 Å². The fourth-order valence-electron chi connectivity index (χ4n) is 4.69. The Labute approximate surface area is 241 Å². The van der Waals surface area contributed by atoms with Gasteiger partial charge in [0.15, 0.2) is 0 Å². The Hall–Kier alpha value is -4.52. The van der Waals surface area contributed by atoms with Gasteiger partial charge in [-0.3, -0.25) is 9.59 Å². The molecule has 1 N–H and O–H groups in total. The number of unbranched alkanes of at least 4 members (excludes halogenated alkanes) is 1. The van der Waals surface area contributed by atoms with E-state index in [2.05, 4.69) is 0 Å². The van der Waals surface area contributed by atoms with Gasteiger partial charge in [-0.1, -0.05) is 60.7 Å². The van der Waals surface area contributed by atoms with Crippen LogP contribution >= 0.6 is 0 Å². The Balaban J connectivity index is 1.35. The molecule has 41 heavy (non-hydrogen) atoms. The van der Waals surface area contributed by atoms with E-state index in [9.17, 15) is 14.7 Å². The van der Waals surface area contributed by atoms with Gasteiger partial charge >= 0.3 is 11.9 Å². The van der Waals surface area contributed by atoms with Crippen molar-refractivity contribution in [2.24, 2.45) is 0 Å². The predicted octanol–water partition coefficient (Wildman–Crippen LogP) is 7.02. The molecule has 0 unspecified atom stereocenters. The zero-order valence-electron chi connectivity index (χ0n) is 23.5. The smallest absolute Gasteiger partial charge is 0.323 e. The maximum Gasteiger partial charge on any atom is 0.323 e. The summed E-state index contributed by atoms with van der Waals surface area (Å²) in [5, 5.41) is 10.5. The molecule has 214 valence electrons. The van der Waals surface area contributed by atoms with Crippen molar-refractivity contribution in [1.29, 1.82) is 0 Å². The highest BCUT2D eigenvalue weighted by Crippen LogP contribution is 2.28. The standard InChI is InChI=1S/C34H37NO6/c1-2-39-33(38)15-9-11-28-24-35(25-32(36)37)34-27(10-8-14-31(28)34)19-16-26-17-20-30(21-18-26)41-23-7-6-22-40-29-12-4-3-5-13-29/h3-5,8,10,12-14,16-21,24H,2,6-7,9,11,15,22-23,25H2,1H3,(H,36,37). The molecule has 4 aromatic rings. The van der Waals surface area contributed by atoms with Crippen molar-refractivity contribution in [3.05, 3.63) is 95.7 Å². The molecule has 0 radical (unpaired) electrons. The molecule has 1 heterocycles. The molecule has 0 atom stereocenters. The number of aryl methyl sites for hydroxylation is 1. The van der Waals surface area contributed by atoms with Crippen LogP contribution in [-0.4, -0.2) is 41.4 Å². The summed E-state index contributed by atoms with van der Waals surface area (Å²) >= 11 is 0. The number of aliphatic carboxylic acids is 1. The minimum absolute atomic E-state index is 0.135. The number of carbonyl (C=O) groups is 2. The Morgan fingerprint density at radius 2 is 1.54 bits per heavy atom. The zero-order chi connectivity index (χ0) is 28.9. The molecule has 0 aliphatic heterocycles. The molecular weight excluding hydrogens is 518 g/mol. The number of fused-ring (bicyclic) bond motifs is 1. The number of para-hydroxylation sites is 2. The second-order valence-corrected chi connectivity index (χ2v) is 9.70. The zero-order valence-corrected chi connectivity index (χ0v) is 23.5. The summed E-state index contributed by atoms with van der Waals surface area (Å²) in [6.07, 6.45) is 9.36. The molecule has 0 aliphatic rings. The molecule has 4 rings (SSSR count). The number of ether oxygens (including phenoxy) is 3. The van der Waals surface area contributed by atoms with E-state index >= 15 is 0 Å². The van der Waals surface area contributed by atoms with Crippen molar-refractivity contribution in [1.82, 2.24) is 4.57 Å². The van der Waals surface area contributed by atoms with Gasteiger partial charge in [0, 0.05) is 18.0 Å². The molecule has 0 saturated heterocycles. The summed E-state index contributed by atoms with van der Waals surface area (Å²) in [6.45, 7) is 3.31. The molecule has 0 saturated carbocycles. The van der Waals surface area contributed by atoms with Crippen LogP contribution < -0.4 is 9.47 Å². The molecular formula is C34H37NO6. The van der Waals surface area contributed by atoms with Crippen LogP contribution in [0.15, 0.2) is 79.0 Å². The van der Waals surface area contributed by atoms with Crippen molar-refractivity contribution in [3.63, 3.8) is 0 Å². The Bertz CT molecular complexity index is 1440. The van der Waals surface area contributed by atoms with Crippen LogP contribution in [0.2, 0.25) is 0 Å². The van der Waals surface area contributed by atoms with E-state index in [1.54, 1.807) is 11.5 Å². The van der Waals surface area contributed by atoms with E-state index in [1.165, 1.54) is 0 Å². The number of hydrogen-bond donors (Lipinski definition) is 1. The van der Waals surface area contributed by atoms with E-state index in [1.807, 2.05) is 91.1 Å². The lowest BCUT2D eigenvalue weighted by molar-refractivity contribution is -0.143. The van der Waals surface area contributed by atoms with Crippen LogP contribution in [-0.2, 0) is 27.3 Å². The molecule has 0 spiro atoms. The number of nitrogens with zero attached hydrogens (tertiary/aromatic N) is 1. The minimum Gasteiger partial charge on any atom is -0.494 e. The Morgan fingerprint density at radius 3 is 2.22 bits per heavy atom. The number of aromatic nitrogens is 1. The van der Waals surface area contributed by atoms with Crippen molar-refractivity contribution in [3.8, 4) is 11.5 Å². The first-order chi connectivity index (χ1) is 20.0. The molecule has 1 aromatic heterocycles. The number of carboxylic acid groups (broad SMARTS) is 1. The number of carbonyl (C=O) groups excluding carboxylic acids is 1. The van der Waals surface area contributed by atoms with E-state index in [4.69, 9.17) is 14.2 Å². The maximum absolute atomic E-state index is 11.8. The minimum atomic E-state index is -0.905. The third-order valence-corrected chi connectivity index (χ3v) is 6.60. The normalized spacial score (nSPS) is 11.1. The van der Waals surface area contributed by atoms with Crippen molar-refractivity contribution < 1.29 is 28.9 Å². The van der Waals surface area contributed by atoms with Crippen LogP contribution in [0.1, 0.15) is 49.3 Å². The molecule has 0 fully saturated rings. The lowest BCUT2D eigenvalue weighted by Gasteiger charge is -2.08. The highest BCUT2D eigenvalue weighted by molar-refractivity contribution is 5.94. The number of esters is 1. The largest absolute Gasteiger partial charge is 0.494 e. The summed E-state index contributed by atoms with van der Waals surface area (Å²) in [5.74, 6) is 0.583. The van der Waals surface area contributed by atoms with Gasteiger partial charge in [-0.25, -0.2) is 0 Å². The van der Waals surface area contributed by atoms with Crippen LogP contribution in [0, 0.1) is 0 Å². The molecule has 0 amide bonds. The second-order valence-electron chi connectivity index (χ2n) is 9.70. The SMILES string of the molecule is CCOC(=O)CCCc1cn(CC(=O)O)c2c(C=Cc3ccc(OCCCCOc4ccccc4)cc3)cccc12. The first-order valence-electron chi connectivity index (χ1n) is 14.1. The fourth-order valence-corrected chi connectivity index (χ4v) is 4.69. The van der Waals surface area contributed by atoms with Gasteiger partial charge in [-0.15, -0.1) is 0 Å². The lowest BCUT2D eigenvalue weighted by Crippen LogP contribution is -2.08. The van der Waals surface area contributed by atoms with Crippen LogP contribution in [0.5, 0.6) is 11.5 Å². The molecule has 7 heteroatoms. The average Bonchev–Trinajstić information content (AvgIpc) is 3.32. The van der Waals surface area contributed by atoms with Gasteiger partial charge < -0.3 is 23.9 Å². The molecule has 7 nitrogen and oxygen atoms in total. The highest BCUT2D eigenvalue weighted by Gasteiger charge is 2.14. The van der Waals surface area contributed by atoms with Gasteiger partial charge in [0.05, 0.1) is 25.3 Å². The third-order valence-electron chi connectivity index (χ3n) is 6.60. The van der Waals surface area contributed by atoms with Gasteiger partial charge in [0.2, 0.25) is 0 Å². The van der Waals surface area contributed by atoms with Gasteiger partial charge in [0.25, 0.3) is 0 Å². The topological polar surface area (TPSA) is 87.0 Å². The highest BCUT2D eigenvalue weighted by atomic mass is 16.5. The fraction of sp³-hybridized carbons (Fsp3) is 0.294. The first kappa shape index (κ1) is 29.5. The summed E-state index contributed by atoms with van der Waals surface area (Å²) in [6, 6.07) is 23.7. The predicted molar refractivity (Wildman–Crippen MR) is 161 cm³/mol. The average molecular weight is 556 g/mol. The molecule has 3 aromatic carbocycles. The third kappa shape index (κ3) is 9.00. The van der Waals surface area contributed by atoms with Gasteiger partial charge in [-0.05, 0) is 73.6 Å². The van der Waals surface area contributed by atoms with Crippen LogP contribution in [0.25, 0.3) is 23.1 Å². The Kier molecular flexibility index (Phi) is 11.0. The van der Waals surface area contributed by atoms with Gasteiger partial charge in [0.1, 0.15) is 18.0 Å². The Morgan fingerprint density at radius 1 is 0.829 bits per heavy atom. The lowest BCUT2D eigenvalue weighted by atomic mass is 10.0. The maximum atomic E-state index is 11.8. The summed E-state index contributed by atoms with van der Waals surface area (Å²) < 4.78 is 18.4. The van der Waals surface area contributed by atoms with E-state index in [0.717, 1.165) is 51.9 Å². The quantitative estimate of drug-likeness (QED) is 0.0908. The van der Waals surface area contributed by atoms with Crippen molar-refractivity contribution in [2.75, 3.05) is 19.8 Å². The monoisotopic (exact) mass is 555 g/mol. The van der Waals surface area contributed by atoms with E-state index in [0.29, 0.717) is 39.1 Å². The van der Waals surface area contributed by atoms with Crippen molar-refractivity contribution in [2.45, 2.75) is 45.6 Å². The van der Waals surface area contributed by atoms with Crippen LogP contribution in [0.3, 0.4) is 0 Å². The van der Waals surface area contributed by atoms with Crippen molar-refractivity contribution >= 4 is 35.0 Å². The first-order valence-corrected chi connectivity index (χ1v) is 14.1. The summed E-state index contributed by atoms with van der Waals surface area (Å²) in [4.78, 5) is 23.3. The summed E-state index contributed by atoms with van der Waals surface area (Å²) in [5.41, 5.74) is 3.83. The number of rotatable bonds is 16. The number of benzene rings is 3. The molecule has 0 aliphatic carbocycles. The van der Waals surface area contributed by atoms with E-state index < -0.39 is 5.97 Å². The summed E-state index contributed by atoms with van der Waals surface area (Å²) in [7, 11) is 0. The second kappa shape index (κ2) is 15.3.